The number of benzene rings is 1. The van der Waals surface area contributed by atoms with E-state index in [4.69, 9.17) is 4.55 Å². The molecule has 85 valence electrons. The molecule has 0 aliphatic carbocycles. The van der Waals surface area contributed by atoms with Crippen LogP contribution in [0.15, 0.2) is 29.2 Å². The van der Waals surface area contributed by atoms with Crippen molar-refractivity contribution in [2.75, 3.05) is 0 Å². The summed E-state index contributed by atoms with van der Waals surface area (Å²) < 4.78 is 36.7. The van der Waals surface area contributed by atoms with Gasteiger partial charge in [0.15, 0.2) is 0 Å². The fraction of sp³-hybridized carbons (Fsp3) is 0.400. The Bertz CT molecular complexity index is 379. The molecule has 0 spiro atoms. The predicted molar refractivity (Wildman–Crippen MR) is 64.3 cm³/mol. The zero-order valence-corrected chi connectivity index (χ0v) is 14.2. The first kappa shape index (κ1) is 15.1. The van der Waals surface area contributed by atoms with Crippen molar-refractivity contribution in [1.29, 1.82) is 0 Å². The molecule has 1 radical (unpaired) electrons. The van der Waals surface area contributed by atoms with E-state index in [-0.39, 0.29) is 4.90 Å². The van der Waals surface area contributed by atoms with Crippen molar-refractivity contribution in [1.82, 2.24) is 0 Å². The second-order valence-electron chi connectivity index (χ2n) is 3.79. The maximum atomic E-state index is 10.5. The third-order valence-corrected chi connectivity index (χ3v) is 2.19. The van der Waals surface area contributed by atoms with Gasteiger partial charge in [0.1, 0.15) is 0 Å². The van der Waals surface area contributed by atoms with E-state index < -0.39 is 32.8 Å². The second kappa shape index (κ2) is 6.60. The van der Waals surface area contributed by atoms with Gasteiger partial charge in [0.05, 0.1) is 4.90 Å². The van der Waals surface area contributed by atoms with Crippen LogP contribution in [0, 0.1) is 6.92 Å². The third-order valence-electron chi connectivity index (χ3n) is 1.32. The Kier molecular flexibility index (Phi) is 6.62. The van der Waals surface area contributed by atoms with Gasteiger partial charge < -0.3 is 0 Å². The zero-order chi connectivity index (χ0) is 12.1. The molecule has 0 aliphatic rings. The minimum atomic E-state index is -4.02. The van der Waals surface area contributed by atoms with E-state index in [1.807, 2.05) is 6.92 Å². The first-order valence-electron chi connectivity index (χ1n) is 4.54. The van der Waals surface area contributed by atoms with Gasteiger partial charge in [-0.2, -0.15) is 8.42 Å². The standard InChI is InChI=1S/C7H8O3S.3CH3.Pb/c1-6-2-4-7(5-3-6)11(8,9)10;;;;/h2-5H,1H3,(H,8,9,10);3*1H3;. The summed E-state index contributed by atoms with van der Waals surface area (Å²) >= 11 is -0.657. The van der Waals surface area contributed by atoms with Crippen LogP contribution in [0.25, 0.3) is 0 Å². The Morgan fingerprint density at radius 3 is 1.67 bits per heavy atom. The van der Waals surface area contributed by atoms with Crippen LogP contribution in [0.4, 0.5) is 0 Å². The van der Waals surface area contributed by atoms with Crippen molar-refractivity contribution in [2.24, 2.45) is 0 Å². The second-order valence-corrected chi connectivity index (χ2v) is 16.9. The van der Waals surface area contributed by atoms with E-state index in [1.54, 1.807) is 12.1 Å². The van der Waals surface area contributed by atoms with Crippen LogP contribution in [0.2, 0.25) is 13.4 Å². The van der Waals surface area contributed by atoms with Gasteiger partial charge in [0.2, 0.25) is 0 Å². The van der Waals surface area contributed by atoms with Crippen LogP contribution in [-0.2, 0) is 10.1 Å². The van der Waals surface area contributed by atoms with Gasteiger partial charge in [-0.15, -0.1) is 0 Å². The summed E-state index contributed by atoms with van der Waals surface area (Å²) in [6.07, 6.45) is 0. The van der Waals surface area contributed by atoms with E-state index in [0.29, 0.717) is 0 Å². The van der Waals surface area contributed by atoms with Crippen LogP contribution in [-0.4, -0.2) is 35.7 Å². The Hall–Kier alpha value is 0.0521. The average molecular weight is 425 g/mol. The topological polar surface area (TPSA) is 54.4 Å². The van der Waals surface area contributed by atoms with E-state index in [2.05, 4.69) is 13.4 Å². The Balaban J connectivity index is 0.000000423. The van der Waals surface area contributed by atoms with Crippen molar-refractivity contribution in [3.63, 3.8) is 0 Å². The first-order chi connectivity index (χ1) is 6.73. The monoisotopic (exact) mass is 425 g/mol. The summed E-state index contributed by atoms with van der Waals surface area (Å²) in [5.41, 5.74) is 0.956. The van der Waals surface area contributed by atoms with Gasteiger partial charge in [-0.05, 0) is 19.1 Å². The minimum absolute atomic E-state index is 0.0666. The van der Waals surface area contributed by atoms with Gasteiger partial charge in [0.25, 0.3) is 10.1 Å². The van der Waals surface area contributed by atoms with E-state index in [0.717, 1.165) is 5.56 Å². The third kappa shape index (κ3) is 7.92. The van der Waals surface area contributed by atoms with Crippen molar-refractivity contribution >= 4 is 32.8 Å². The van der Waals surface area contributed by atoms with E-state index in [1.165, 1.54) is 12.1 Å². The van der Waals surface area contributed by atoms with E-state index in [9.17, 15) is 8.42 Å². The number of rotatable bonds is 1. The molecule has 0 aliphatic heterocycles. The van der Waals surface area contributed by atoms with Crippen LogP contribution in [0.3, 0.4) is 0 Å². The fourth-order valence-corrected chi connectivity index (χ4v) is 1.19. The van der Waals surface area contributed by atoms with Crippen LogP contribution < -0.4 is 0 Å². The Morgan fingerprint density at radius 2 is 1.40 bits per heavy atom. The summed E-state index contributed by atoms with van der Waals surface area (Å²) in [4.78, 5) is -0.0666. The van der Waals surface area contributed by atoms with E-state index >= 15 is 0 Å². The maximum absolute atomic E-state index is 10.5. The summed E-state index contributed by atoms with van der Waals surface area (Å²) in [5.74, 6) is 0. The molecule has 0 heterocycles. The van der Waals surface area contributed by atoms with Gasteiger partial charge in [0, 0.05) is 0 Å². The average Bonchev–Trinajstić information content (AvgIpc) is 2.01. The van der Waals surface area contributed by atoms with Gasteiger partial charge in [-0.25, -0.2) is 0 Å². The molecule has 0 unspecified atom stereocenters. The molecule has 0 fully saturated rings. The molecule has 0 atom stereocenters. The molecule has 0 saturated carbocycles. The molecule has 1 rings (SSSR count). The van der Waals surface area contributed by atoms with Crippen LogP contribution in [0.5, 0.6) is 0 Å². The summed E-state index contributed by atoms with van der Waals surface area (Å²) in [5, 5.41) is 0. The molecule has 0 aromatic heterocycles. The summed E-state index contributed by atoms with van der Waals surface area (Å²) in [6, 6.07) is 5.99. The zero-order valence-electron chi connectivity index (χ0n) is 9.48. The van der Waals surface area contributed by atoms with Gasteiger partial charge in [-0.3, -0.25) is 4.55 Å². The van der Waals surface area contributed by atoms with Crippen molar-refractivity contribution < 1.29 is 13.0 Å². The quantitative estimate of drug-likeness (QED) is 0.557. The molecule has 0 amide bonds. The SMILES string of the molecule is Cc1ccc(S(=O)(=O)O)cc1.[CH3][Pb]([CH3])[CH3]. The number of hydrogen-bond donors (Lipinski definition) is 1. The first-order valence-corrected chi connectivity index (χ1v) is 17.6. The fourth-order valence-electron chi connectivity index (χ4n) is 0.710. The van der Waals surface area contributed by atoms with Gasteiger partial charge >= 0.3 is 36.2 Å². The molecule has 1 aromatic carbocycles. The van der Waals surface area contributed by atoms with Crippen LogP contribution in [0.1, 0.15) is 5.56 Å². The molecule has 0 bridgehead atoms. The molecule has 5 heteroatoms. The molecule has 3 nitrogen and oxygen atoms in total. The van der Waals surface area contributed by atoms with Crippen molar-refractivity contribution in [3.8, 4) is 0 Å². The van der Waals surface area contributed by atoms with Crippen molar-refractivity contribution in [2.45, 2.75) is 25.3 Å². The van der Waals surface area contributed by atoms with Gasteiger partial charge in [-0.1, -0.05) is 17.7 Å². The van der Waals surface area contributed by atoms with Crippen molar-refractivity contribution in [3.05, 3.63) is 29.8 Å². The Labute approximate surface area is 100 Å². The summed E-state index contributed by atoms with van der Waals surface area (Å²) in [7, 11) is -4.02. The summed E-state index contributed by atoms with van der Waals surface area (Å²) in [6.45, 7) is 1.84. The molecule has 1 N–H and O–H groups in total. The predicted octanol–water partition coefficient (Wildman–Crippen LogP) is 2.61. The van der Waals surface area contributed by atoms with Crippen LogP contribution >= 0.6 is 0 Å². The Morgan fingerprint density at radius 1 is 1.07 bits per heavy atom. The molecule has 1 aromatic rings. The molecule has 0 saturated heterocycles. The molecule has 15 heavy (non-hydrogen) atoms. The normalized spacial score (nSPS) is 10.8. The number of hydrogen-bond acceptors (Lipinski definition) is 2. The molecular formula is C10H17O3PbS. The number of aryl methyl sites for hydroxylation is 1. The molecular weight excluding hydrogens is 407 g/mol.